The van der Waals surface area contributed by atoms with Gasteiger partial charge in [0.25, 0.3) is 5.91 Å². The molecule has 0 unspecified atom stereocenters. The zero-order chi connectivity index (χ0) is 19.2. The lowest BCUT2D eigenvalue weighted by atomic mass is 10.1. The first-order valence-corrected chi connectivity index (χ1v) is 9.82. The molecule has 0 N–H and O–H groups in total. The highest BCUT2D eigenvalue weighted by Gasteiger charge is 2.31. The third-order valence-electron chi connectivity index (χ3n) is 4.07. The molecule has 4 nitrogen and oxygen atoms in total. The van der Waals surface area contributed by atoms with Gasteiger partial charge in [0.15, 0.2) is 0 Å². The van der Waals surface area contributed by atoms with Crippen LogP contribution >= 0.6 is 24.0 Å². The second-order valence-electron chi connectivity index (χ2n) is 6.17. The van der Waals surface area contributed by atoms with Crippen molar-refractivity contribution in [2.75, 3.05) is 20.3 Å². The average Bonchev–Trinajstić information content (AvgIpc) is 2.93. The molecule has 1 heterocycles. The number of aryl methyl sites for hydroxylation is 1. The van der Waals surface area contributed by atoms with Crippen LogP contribution in [0.3, 0.4) is 0 Å². The number of ether oxygens (including phenoxy) is 2. The SMILES string of the molecule is COCCN1C(=O)/C(=C/c2cccc(OCc3ccc(C)cc3)c2)SC1=S. The summed E-state index contributed by atoms with van der Waals surface area (Å²) in [4.78, 5) is 14.7. The Morgan fingerprint density at radius 2 is 1.96 bits per heavy atom. The van der Waals surface area contributed by atoms with E-state index in [1.54, 1.807) is 12.0 Å². The summed E-state index contributed by atoms with van der Waals surface area (Å²) in [5.74, 6) is 0.687. The Hall–Kier alpha value is -2.15. The van der Waals surface area contributed by atoms with Gasteiger partial charge in [0.1, 0.15) is 16.7 Å². The fourth-order valence-electron chi connectivity index (χ4n) is 2.57. The predicted molar refractivity (Wildman–Crippen MR) is 114 cm³/mol. The maximum atomic E-state index is 12.5. The molecule has 3 rings (SSSR count). The Balaban J connectivity index is 1.68. The highest BCUT2D eigenvalue weighted by atomic mass is 32.2. The first kappa shape index (κ1) is 19.6. The highest BCUT2D eigenvalue weighted by molar-refractivity contribution is 8.26. The van der Waals surface area contributed by atoms with Crippen LogP contribution in [-0.4, -0.2) is 35.4 Å². The van der Waals surface area contributed by atoms with Crippen LogP contribution in [0.1, 0.15) is 16.7 Å². The largest absolute Gasteiger partial charge is 0.489 e. The van der Waals surface area contributed by atoms with Crippen molar-refractivity contribution < 1.29 is 14.3 Å². The monoisotopic (exact) mass is 399 g/mol. The molecule has 2 aromatic rings. The number of nitrogens with zero attached hydrogens (tertiary/aromatic N) is 1. The van der Waals surface area contributed by atoms with E-state index in [-0.39, 0.29) is 5.91 Å². The zero-order valence-corrected chi connectivity index (χ0v) is 16.9. The summed E-state index contributed by atoms with van der Waals surface area (Å²) in [6.45, 7) is 3.50. The first-order chi connectivity index (χ1) is 13.1. The third-order valence-corrected chi connectivity index (χ3v) is 5.45. The molecule has 0 saturated carbocycles. The van der Waals surface area contributed by atoms with Crippen LogP contribution in [0.25, 0.3) is 6.08 Å². The lowest BCUT2D eigenvalue weighted by molar-refractivity contribution is -0.122. The van der Waals surface area contributed by atoms with E-state index in [0.29, 0.717) is 29.0 Å². The van der Waals surface area contributed by atoms with Gasteiger partial charge in [0.2, 0.25) is 0 Å². The standard InChI is InChI=1S/C21H21NO3S2/c1-15-6-8-16(9-7-15)14-25-18-5-3-4-17(12-18)13-19-20(23)22(10-11-24-2)21(26)27-19/h3-9,12-13H,10-11,14H2,1-2H3/b19-13-. The van der Waals surface area contributed by atoms with Gasteiger partial charge in [-0.3, -0.25) is 9.69 Å². The Bertz CT molecular complexity index is 862. The minimum atomic E-state index is -0.0759. The molecule has 140 valence electrons. The van der Waals surface area contributed by atoms with Crippen LogP contribution in [0.15, 0.2) is 53.4 Å². The summed E-state index contributed by atoms with van der Waals surface area (Å²) in [5.41, 5.74) is 3.25. The minimum absolute atomic E-state index is 0.0759. The van der Waals surface area contributed by atoms with Crippen LogP contribution < -0.4 is 4.74 Å². The predicted octanol–water partition coefficient (Wildman–Crippen LogP) is 4.42. The molecule has 6 heteroatoms. The van der Waals surface area contributed by atoms with Crippen molar-refractivity contribution in [3.63, 3.8) is 0 Å². The zero-order valence-electron chi connectivity index (χ0n) is 15.3. The van der Waals surface area contributed by atoms with Crippen LogP contribution in [0.4, 0.5) is 0 Å². The van der Waals surface area contributed by atoms with Crippen molar-refractivity contribution >= 4 is 40.3 Å². The second kappa shape index (κ2) is 9.17. The molecule has 1 aliphatic rings. The Labute approximate surface area is 169 Å². The molecular formula is C21H21NO3S2. The molecular weight excluding hydrogens is 378 g/mol. The Kier molecular flexibility index (Phi) is 6.66. The van der Waals surface area contributed by atoms with Crippen molar-refractivity contribution in [2.24, 2.45) is 0 Å². The number of benzene rings is 2. The van der Waals surface area contributed by atoms with Crippen LogP contribution in [0.2, 0.25) is 0 Å². The topological polar surface area (TPSA) is 38.8 Å². The van der Waals surface area contributed by atoms with Crippen molar-refractivity contribution in [2.45, 2.75) is 13.5 Å². The fraction of sp³-hybridized carbons (Fsp3) is 0.238. The summed E-state index contributed by atoms with van der Waals surface area (Å²) in [7, 11) is 1.61. The number of rotatable bonds is 7. The molecule has 27 heavy (non-hydrogen) atoms. The van der Waals surface area contributed by atoms with Crippen LogP contribution in [0, 0.1) is 6.92 Å². The molecule has 1 amide bonds. The number of hydrogen-bond acceptors (Lipinski definition) is 5. The normalized spacial score (nSPS) is 15.6. The average molecular weight is 400 g/mol. The molecule has 1 fully saturated rings. The van der Waals surface area contributed by atoms with Gasteiger partial charge in [-0.2, -0.15) is 0 Å². The highest BCUT2D eigenvalue weighted by Crippen LogP contribution is 2.32. The van der Waals surface area contributed by atoms with E-state index in [1.807, 2.05) is 30.3 Å². The lowest BCUT2D eigenvalue weighted by Crippen LogP contribution is -2.31. The number of amides is 1. The molecule has 0 aliphatic carbocycles. The molecule has 0 radical (unpaired) electrons. The van der Waals surface area contributed by atoms with Crippen molar-refractivity contribution in [3.05, 3.63) is 70.1 Å². The summed E-state index contributed by atoms with van der Waals surface area (Å²) < 4.78 is 11.5. The fourth-order valence-corrected chi connectivity index (χ4v) is 3.88. The molecule has 0 bridgehead atoms. The molecule has 0 spiro atoms. The summed E-state index contributed by atoms with van der Waals surface area (Å²) in [6, 6.07) is 16.0. The lowest BCUT2D eigenvalue weighted by Gasteiger charge is -2.12. The number of carbonyl (C=O) groups excluding carboxylic acids is 1. The van der Waals surface area contributed by atoms with Crippen LogP contribution in [0.5, 0.6) is 5.75 Å². The van der Waals surface area contributed by atoms with Gasteiger partial charge in [0, 0.05) is 7.11 Å². The number of thioether (sulfide) groups is 1. The van der Waals surface area contributed by atoms with E-state index in [1.165, 1.54) is 17.3 Å². The Morgan fingerprint density at radius 1 is 1.19 bits per heavy atom. The summed E-state index contributed by atoms with van der Waals surface area (Å²) >= 11 is 6.62. The molecule has 2 aromatic carbocycles. The third kappa shape index (κ3) is 5.19. The molecule has 1 saturated heterocycles. The van der Waals surface area contributed by atoms with E-state index in [0.717, 1.165) is 16.9 Å². The second-order valence-corrected chi connectivity index (χ2v) is 7.85. The van der Waals surface area contributed by atoms with E-state index in [2.05, 4.69) is 31.2 Å². The van der Waals surface area contributed by atoms with Gasteiger partial charge < -0.3 is 9.47 Å². The molecule has 1 aliphatic heterocycles. The number of carbonyl (C=O) groups is 1. The van der Waals surface area contributed by atoms with E-state index in [4.69, 9.17) is 21.7 Å². The van der Waals surface area contributed by atoms with Gasteiger partial charge in [-0.25, -0.2) is 0 Å². The smallest absolute Gasteiger partial charge is 0.266 e. The van der Waals surface area contributed by atoms with Crippen LogP contribution in [-0.2, 0) is 16.1 Å². The van der Waals surface area contributed by atoms with E-state index in [9.17, 15) is 4.79 Å². The summed E-state index contributed by atoms with van der Waals surface area (Å²) in [5, 5.41) is 0. The van der Waals surface area contributed by atoms with Gasteiger partial charge in [-0.05, 0) is 36.3 Å². The first-order valence-electron chi connectivity index (χ1n) is 8.59. The summed E-state index contributed by atoms with van der Waals surface area (Å²) in [6.07, 6.45) is 1.85. The van der Waals surface area contributed by atoms with Gasteiger partial charge in [-0.1, -0.05) is 65.9 Å². The van der Waals surface area contributed by atoms with Crippen molar-refractivity contribution in [1.82, 2.24) is 4.90 Å². The van der Waals surface area contributed by atoms with Gasteiger partial charge in [-0.15, -0.1) is 0 Å². The van der Waals surface area contributed by atoms with Gasteiger partial charge in [0.05, 0.1) is 18.1 Å². The van der Waals surface area contributed by atoms with E-state index < -0.39 is 0 Å². The molecule has 0 aromatic heterocycles. The minimum Gasteiger partial charge on any atom is -0.489 e. The van der Waals surface area contributed by atoms with Crippen molar-refractivity contribution in [3.8, 4) is 5.75 Å². The number of methoxy groups -OCH3 is 1. The van der Waals surface area contributed by atoms with Crippen molar-refractivity contribution in [1.29, 1.82) is 0 Å². The Morgan fingerprint density at radius 3 is 2.70 bits per heavy atom. The van der Waals surface area contributed by atoms with Gasteiger partial charge >= 0.3 is 0 Å². The maximum Gasteiger partial charge on any atom is 0.266 e. The molecule has 0 atom stereocenters. The maximum absolute atomic E-state index is 12.5. The quantitative estimate of drug-likeness (QED) is 0.509. The number of hydrogen-bond donors (Lipinski definition) is 0. The van der Waals surface area contributed by atoms with E-state index >= 15 is 0 Å². The number of thiocarbonyl (C=S) groups is 1.